The van der Waals surface area contributed by atoms with Crippen molar-refractivity contribution in [2.45, 2.75) is 36.4 Å². The highest BCUT2D eigenvalue weighted by Crippen LogP contribution is 2.49. The van der Waals surface area contributed by atoms with Crippen molar-refractivity contribution in [2.75, 3.05) is 31.3 Å². The topological polar surface area (TPSA) is 216 Å². The molecule has 6 rings (SSSR count). The Hall–Kier alpha value is -2.77. The van der Waals surface area contributed by atoms with Crippen LogP contribution in [0.5, 0.6) is 0 Å². The molecule has 0 spiro atoms. The van der Waals surface area contributed by atoms with Gasteiger partial charge in [0.2, 0.25) is 5.95 Å². The van der Waals surface area contributed by atoms with Crippen LogP contribution in [-0.4, -0.2) is 82.1 Å². The highest BCUT2D eigenvalue weighted by atomic mass is 32.5. The second kappa shape index (κ2) is 10.6. The van der Waals surface area contributed by atoms with E-state index in [4.69, 9.17) is 41.8 Å². The Bertz CT molecular complexity index is 1670. The van der Waals surface area contributed by atoms with Gasteiger partial charge in [0.15, 0.2) is 35.0 Å². The van der Waals surface area contributed by atoms with Gasteiger partial charge in [-0.25, -0.2) is 24.3 Å². The zero-order valence-electron chi connectivity index (χ0n) is 20.5. The van der Waals surface area contributed by atoms with Crippen molar-refractivity contribution < 1.29 is 27.8 Å². The summed E-state index contributed by atoms with van der Waals surface area (Å²) in [4.78, 5) is 45.9. The highest BCUT2D eigenvalue weighted by molar-refractivity contribution is 8.07. The van der Waals surface area contributed by atoms with Crippen LogP contribution in [0.15, 0.2) is 23.8 Å². The Morgan fingerprint density at radius 1 is 1.20 bits per heavy atom. The molecule has 6 heterocycles. The third-order valence-electron chi connectivity index (χ3n) is 6.75. The number of nitrogens with one attached hydrogen (secondary N) is 1. The standard InChI is InChI=1S/C20H24FN10O6PS2/c21-11-8-1-2-34-3-10(19(39)31-7-27-13-16(31)28-20(23)29-17(13)32)37-38(33,40)35-4-9(8)36-18(11)30-6-26-12-14(22)24-5-25-15(12)30/h5-11,18-19,39H,1-4H2,(H,33,40)(H2,22,24,25)(H3,23,28,29,32)/t8-,9-,10-,11+,18-,19-,38?/m1/s1. The smallest absolute Gasteiger partial charge is 0.325 e. The van der Waals surface area contributed by atoms with Gasteiger partial charge in [-0.05, 0) is 18.2 Å². The third-order valence-corrected chi connectivity index (χ3v) is 8.92. The number of alkyl halides is 1. The molecule has 2 aliphatic heterocycles. The molecular formula is C20H24FN10O6PS2. The summed E-state index contributed by atoms with van der Waals surface area (Å²) in [6, 6.07) is 0. The van der Waals surface area contributed by atoms with E-state index in [0.29, 0.717) is 11.2 Å². The fourth-order valence-corrected chi connectivity index (χ4v) is 6.67. The summed E-state index contributed by atoms with van der Waals surface area (Å²) >= 11 is 9.85. The maximum Gasteiger partial charge on any atom is 0.325 e. The van der Waals surface area contributed by atoms with Crippen LogP contribution in [0.25, 0.3) is 22.3 Å². The number of H-pyrrole nitrogens is 1. The number of imidazole rings is 2. The van der Waals surface area contributed by atoms with Gasteiger partial charge in [-0.1, -0.05) is 0 Å². The maximum absolute atomic E-state index is 15.8. The van der Waals surface area contributed by atoms with Gasteiger partial charge in [-0.15, -0.1) is 0 Å². The van der Waals surface area contributed by atoms with Crippen molar-refractivity contribution in [2.24, 2.45) is 5.92 Å². The molecule has 40 heavy (non-hydrogen) atoms. The molecular weight excluding hydrogens is 590 g/mol. The van der Waals surface area contributed by atoms with Gasteiger partial charge < -0.3 is 30.4 Å². The van der Waals surface area contributed by atoms with Crippen molar-refractivity contribution in [3.05, 3.63) is 29.3 Å². The molecule has 2 saturated heterocycles. The fraction of sp³-hybridized carbons (Fsp3) is 0.500. The lowest BCUT2D eigenvalue weighted by atomic mass is 9.96. The molecule has 0 aliphatic carbocycles. The number of hydrogen-bond acceptors (Lipinski definition) is 14. The van der Waals surface area contributed by atoms with E-state index >= 15 is 4.39 Å². The Morgan fingerprint density at radius 3 is 2.83 bits per heavy atom. The zero-order valence-corrected chi connectivity index (χ0v) is 23.1. The number of aromatic nitrogens is 8. The minimum atomic E-state index is -3.91. The number of ether oxygens (including phenoxy) is 2. The first-order valence-corrected chi connectivity index (χ1v) is 15.1. The van der Waals surface area contributed by atoms with Gasteiger partial charge in [-0.2, -0.15) is 17.6 Å². The summed E-state index contributed by atoms with van der Waals surface area (Å²) in [6.07, 6.45) is -0.0857. The first-order chi connectivity index (χ1) is 19.1. The fourth-order valence-electron chi connectivity index (χ4n) is 4.83. The molecule has 4 aromatic heterocycles. The van der Waals surface area contributed by atoms with E-state index in [1.807, 2.05) is 0 Å². The lowest BCUT2D eigenvalue weighted by Crippen LogP contribution is -2.28. The van der Waals surface area contributed by atoms with Crippen LogP contribution in [0.3, 0.4) is 0 Å². The predicted molar refractivity (Wildman–Crippen MR) is 145 cm³/mol. The van der Waals surface area contributed by atoms with Crippen molar-refractivity contribution in [1.82, 2.24) is 39.0 Å². The predicted octanol–water partition coefficient (Wildman–Crippen LogP) is 0.443. The number of nitrogen functional groups attached to an aromatic ring is 2. The van der Waals surface area contributed by atoms with Gasteiger partial charge in [-0.3, -0.25) is 23.4 Å². The lowest BCUT2D eigenvalue weighted by Gasteiger charge is -2.28. The van der Waals surface area contributed by atoms with E-state index in [1.165, 1.54) is 28.1 Å². The Balaban J connectivity index is 1.22. The minimum Gasteiger partial charge on any atom is -0.382 e. The van der Waals surface area contributed by atoms with Crippen LogP contribution in [0.4, 0.5) is 16.2 Å². The summed E-state index contributed by atoms with van der Waals surface area (Å²) in [5.74, 6) is -0.620. The third kappa shape index (κ3) is 4.96. The van der Waals surface area contributed by atoms with E-state index in [2.05, 4.69) is 42.5 Å². The molecule has 214 valence electrons. The van der Waals surface area contributed by atoms with E-state index < -0.39 is 48.2 Å². The number of anilines is 2. The molecule has 16 nitrogen and oxygen atoms in total. The summed E-state index contributed by atoms with van der Waals surface area (Å²) < 4.78 is 42.0. The van der Waals surface area contributed by atoms with E-state index in [0.717, 1.165) is 0 Å². The average Bonchev–Trinajstić information content (AvgIpc) is 3.60. The highest BCUT2D eigenvalue weighted by Gasteiger charge is 2.47. The molecule has 0 saturated carbocycles. The van der Waals surface area contributed by atoms with Crippen LogP contribution >= 0.6 is 19.3 Å². The summed E-state index contributed by atoms with van der Waals surface area (Å²) in [5.41, 5.74) is 11.9. The molecule has 1 unspecified atom stereocenters. The van der Waals surface area contributed by atoms with Crippen molar-refractivity contribution in [1.29, 1.82) is 0 Å². The number of thiol groups is 1. The molecule has 20 heteroatoms. The largest absolute Gasteiger partial charge is 0.382 e. The number of nitrogens with two attached hydrogens (primary N) is 2. The Labute approximate surface area is 234 Å². The Morgan fingerprint density at radius 2 is 2.00 bits per heavy atom. The van der Waals surface area contributed by atoms with Crippen molar-refractivity contribution in [3.63, 3.8) is 0 Å². The monoisotopic (exact) mass is 614 g/mol. The van der Waals surface area contributed by atoms with Gasteiger partial charge in [0.05, 0.1) is 32.0 Å². The average molecular weight is 615 g/mol. The molecule has 0 aromatic carbocycles. The number of halogens is 1. The number of nitrogens with zero attached hydrogens (tertiary/aromatic N) is 7. The van der Waals surface area contributed by atoms with Crippen LogP contribution in [-0.2, 0) is 30.3 Å². The molecule has 0 radical (unpaired) electrons. The molecule has 4 aromatic rings. The van der Waals surface area contributed by atoms with Crippen LogP contribution in [0, 0.1) is 5.92 Å². The molecule has 0 amide bonds. The normalized spacial score (nSPS) is 30.7. The van der Waals surface area contributed by atoms with Crippen LogP contribution in [0.1, 0.15) is 18.0 Å². The molecule has 2 fully saturated rings. The first-order valence-electron chi connectivity index (χ1n) is 12.0. The van der Waals surface area contributed by atoms with Gasteiger partial charge >= 0.3 is 6.72 Å². The van der Waals surface area contributed by atoms with Crippen LogP contribution < -0.4 is 17.0 Å². The zero-order chi connectivity index (χ0) is 28.2. The number of fused-ring (bicyclic) bond motifs is 3. The van der Waals surface area contributed by atoms with Crippen molar-refractivity contribution >= 4 is 65.2 Å². The molecule has 2 aliphatic rings. The lowest BCUT2D eigenvalue weighted by molar-refractivity contribution is -0.0375. The summed E-state index contributed by atoms with van der Waals surface area (Å²) in [6.45, 7) is -4.13. The quantitative estimate of drug-likeness (QED) is 0.156. The minimum absolute atomic E-state index is 0.0406. The van der Waals surface area contributed by atoms with E-state index in [1.54, 1.807) is 0 Å². The van der Waals surface area contributed by atoms with Gasteiger partial charge in [0, 0.05) is 12.5 Å². The molecule has 7 atom stereocenters. The summed E-state index contributed by atoms with van der Waals surface area (Å²) in [5, 5.41) is -0.865. The SMILES string of the molecule is Nc1nc2c(ncn2[C@H](S)[C@H]2COCC[C@H]3[C@H](F)[C@H](n4cnc5c(N)ncnc54)O[C@@H]3COP(O)(=S)O2)c(=O)[nH]1. The number of rotatable bonds is 3. The second-order valence-corrected chi connectivity index (χ2v) is 12.5. The number of hydrogen-bond donors (Lipinski definition) is 5. The number of aromatic amines is 1. The van der Waals surface area contributed by atoms with Crippen LogP contribution in [0.2, 0.25) is 0 Å². The molecule has 6 N–H and O–H groups in total. The van der Waals surface area contributed by atoms with E-state index in [9.17, 15) is 9.69 Å². The first kappa shape index (κ1) is 27.4. The molecule has 0 bridgehead atoms. The summed E-state index contributed by atoms with van der Waals surface area (Å²) in [7, 11) is 0. The second-order valence-electron chi connectivity index (χ2n) is 9.22. The van der Waals surface area contributed by atoms with E-state index in [-0.39, 0.29) is 49.2 Å². The Kier molecular flexibility index (Phi) is 7.24. The maximum atomic E-state index is 15.8. The van der Waals surface area contributed by atoms with Crippen molar-refractivity contribution in [3.8, 4) is 0 Å². The van der Waals surface area contributed by atoms with Gasteiger partial charge in [0.1, 0.15) is 23.3 Å². The van der Waals surface area contributed by atoms with Gasteiger partial charge in [0.25, 0.3) is 5.56 Å².